The number of nitrogens with zero attached hydrogens (tertiary/aromatic N) is 5. The van der Waals surface area contributed by atoms with Crippen LogP contribution in [0.4, 0.5) is 10.6 Å². The van der Waals surface area contributed by atoms with Crippen molar-refractivity contribution in [2.75, 3.05) is 51.1 Å². The van der Waals surface area contributed by atoms with Gasteiger partial charge in [-0.1, -0.05) is 12.1 Å². The number of amides is 4. The lowest BCUT2D eigenvalue weighted by molar-refractivity contribution is -0.137. The summed E-state index contributed by atoms with van der Waals surface area (Å²) in [6.45, 7) is 6.80. The molecule has 3 heterocycles. The fourth-order valence-corrected chi connectivity index (χ4v) is 5.82. The fraction of sp³-hybridized carbons (Fsp3) is 0.536. The number of hydrogen-bond donors (Lipinski definition) is 4. The van der Waals surface area contributed by atoms with Gasteiger partial charge >= 0.3 is 11.7 Å². The van der Waals surface area contributed by atoms with Crippen LogP contribution in [-0.2, 0) is 16.0 Å². The van der Waals surface area contributed by atoms with Crippen LogP contribution in [0, 0.1) is 11.3 Å². The molecule has 1 aromatic heterocycles. The Morgan fingerprint density at radius 1 is 1.07 bits per heavy atom. The summed E-state index contributed by atoms with van der Waals surface area (Å²) in [4.78, 5) is 59.7. The average Bonchev–Trinajstić information content (AvgIpc) is 3.51. The highest BCUT2D eigenvalue weighted by molar-refractivity contribution is 5.89. The number of likely N-dealkylation sites (tertiary alicyclic amines) is 1. The molecule has 2 aliphatic heterocycles. The second kappa shape index (κ2) is 10.9. The summed E-state index contributed by atoms with van der Waals surface area (Å²) in [7, 11) is 0. The highest BCUT2D eigenvalue weighted by Gasteiger charge is 2.59. The maximum atomic E-state index is 12.8. The minimum atomic E-state index is -0.965. The Morgan fingerprint density at radius 2 is 1.73 bits per heavy atom. The summed E-state index contributed by atoms with van der Waals surface area (Å²) in [6.07, 6.45) is 3.03. The standard InChI is InChI=1S/C28H39N9O4/c1-27(2,31)24(39)34-9-11-35(12-10-34)25(40)32-22-7-8-37(26(41)33-22)20-5-3-18(4-6-20)13-21(30)23(38)36-15-19-14-28(19,16-29)17-36/h3-8,19,21H,9-17,29-31H2,1-2H3,(H,32,33,40,41)/t19?,21-,28?/m0/s1. The number of hydrogen-bond acceptors (Lipinski definition) is 8. The Kier molecular flexibility index (Phi) is 7.62. The van der Waals surface area contributed by atoms with Gasteiger partial charge in [-0.15, -0.1) is 0 Å². The van der Waals surface area contributed by atoms with Gasteiger partial charge in [-0.05, 0) is 62.9 Å². The van der Waals surface area contributed by atoms with Gasteiger partial charge in [0, 0.05) is 50.9 Å². The normalized spacial score (nSPS) is 22.8. The summed E-state index contributed by atoms with van der Waals surface area (Å²) < 4.78 is 1.37. The molecule has 0 bridgehead atoms. The first-order valence-electron chi connectivity index (χ1n) is 14.0. The lowest BCUT2D eigenvalue weighted by Crippen LogP contribution is -2.58. The van der Waals surface area contributed by atoms with Crippen molar-refractivity contribution in [3.05, 3.63) is 52.6 Å². The molecule has 1 aromatic carbocycles. The minimum absolute atomic E-state index is 0.0537. The summed E-state index contributed by atoms with van der Waals surface area (Å²) >= 11 is 0. The summed E-state index contributed by atoms with van der Waals surface area (Å²) in [6, 6.07) is 7.72. The number of piperidine rings is 1. The molecule has 41 heavy (non-hydrogen) atoms. The number of nitrogens with one attached hydrogen (secondary N) is 1. The van der Waals surface area contributed by atoms with Gasteiger partial charge in [-0.2, -0.15) is 4.98 Å². The van der Waals surface area contributed by atoms with Crippen molar-refractivity contribution in [2.45, 2.75) is 38.3 Å². The molecule has 2 aromatic rings. The molecule has 2 unspecified atom stereocenters. The predicted molar refractivity (Wildman–Crippen MR) is 153 cm³/mol. The first kappa shape index (κ1) is 28.7. The Hall–Kier alpha value is -3.81. The van der Waals surface area contributed by atoms with Crippen molar-refractivity contribution < 1.29 is 14.4 Å². The molecule has 3 aliphatic rings. The van der Waals surface area contributed by atoms with E-state index in [9.17, 15) is 19.2 Å². The lowest BCUT2D eigenvalue weighted by atomic mass is 10.0. The molecular formula is C28H39N9O4. The summed E-state index contributed by atoms with van der Waals surface area (Å²) in [5, 5.41) is 2.66. The smallest absolute Gasteiger partial charge is 0.340 e. The van der Waals surface area contributed by atoms with E-state index in [2.05, 4.69) is 10.3 Å². The monoisotopic (exact) mass is 565 g/mol. The van der Waals surface area contributed by atoms with Crippen LogP contribution in [0.15, 0.2) is 41.3 Å². The van der Waals surface area contributed by atoms with Crippen molar-refractivity contribution in [3.8, 4) is 5.69 Å². The van der Waals surface area contributed by atoms with Gasteiger partial charge in [-0.3, -0.25) is 19.5 Å². The molecule has 13 heteroatoms. The van der Waals surface area contributed by atoms with Crippen molar-refractivity contribution in [2.24, 2.45) is 28.5 Å². The minimum Gasteiger partial charge on any atom is -0.340 e. The quantitative estimate of drug-likeness (QED) is 0.340. The SMILES string of the molecule is CC(C)(N)C(=O)N1CCN(C(=O)Nc2ccn(-c3ccc(C[C@H](N)C(=O)N4CC5CC5(CN)C4)cc3)c(=O)n2)CC1. The molecule has 220 valence electrons. The van der Waals surface area contributed by atoms with Crippen LogP contribution in [0.5, 0.6) is 0 Å². The van der Waals surface area contributed by atoms with Crippen molar-refractivity contribution in [1.29, 1.82) is 0 Å². The maximum absolute atomic E-state index is 12.8. The lowest BCUT2D eigenvalue weighted by Gasteiger charge is -2.37. The molecule has 5 rings (SSSR count). The number of rotatable bonds is 7. The van der Waals surface area contributed by atoms with E-state index in [1.807, 2.05) is 17.0 Å². The molecule has 3 atom stereocenters. The van der Waals surface area contributed by atoms with Gasteiger partial charge in [0.2, 0.25) is 11.8 Å². The molecule has 3 fully saturated rings. The zero-order valence-electron chi connectivity index (χ0n) is 23.6. The first-order chi connectivity index (χ1) is 19.4. The zero-order chi connectivity index (χ0) is 29.5. The van der Waals surface area contributed by atoms with Crippen molar-refractivity contribution in [1.82, 2.24) is 24.3 Å². The second-order valence-corrected chi connectivity index (χ2v) is 12.1. The van der Waals surface area contributed by atoms with Crippen LogP contribution >= 0.6 is 0 Å². The molecule has 1 aliphatic carbocycles. The Morgan fingerprint density at radius 3 is 2.32 bits per heavy atom. The van der Waals surface area contributed by atoms with E-state index in [1.165, 1.54) is 4.57 Å². The van der Waals surface area contributed by atoms with E-state index in [0.29, 0.717) is 57.3 Å². The van der Waals surface area contributed by atoms with Gasteiger partial charge in [0.1, 0.15) is 5.82 Å². The van der Waals surface area contributed by atoms with Crippen LogP contribution in [0.2, 0.25) is 0 Å². The molecule has 13 nitrogen and oxygen atoms in total. The molecular weight excluding hydrogens is 526 g/mol. The van der Waals surface area contributed by atoms with Gasteiger partial charge in [0.15, 0.2) is 0 Å². The van der Waals surface area contributed by atoms with Gasteiger partial charge < -0.3 is 31.9 Å². The molecule has 1 saturated carbocycles. The van der Waals surface area contributed by atoms with E-state index in [0.717, 1.165) is 18.5 Å². The second-order valence-electron chi connectivity index (χ2n) is 12.1. The van der Waals surface area contributed by atoms with E-state index in [1.54, 1.807) is 48.0 Å². The highest BCUT2D eigenvalue weighted by Crippen LogP contribution is 2.56. The number of fused-ring (bicyclic) bond motifs is 1. The maximum Gasteiger partial charge on any atom is 0.354 e. The van der Waals surface area contributed by atoms with Gasteiger partial charge in [0.05, 0.1) is 17.3 Å². The van der Waals surface area contributed by atoms with Crippen LogP contribution in [-0.4, -0.2) is 99.5 Å². The average molecular weight is 566 g/mol. The number of benzene rings is 1. The van der Waals surface area contributed by atoms with Crippen molar-refractivity contribution >= 4 is 23.7 Å². The van der Waals surface area contributed by atoms with Crippen LogP contribution in [0.25, 0.3) is 5.69 Å². The highest BCUT2D eigenvalue weighted by atomic mass is 16.2. The van der Waals surface area contributed by atoms with E-state index in [-0.39, 0.29) is 23.0 Å². The Labute approximate surface area is 238 Å². The molecule has 0 spiro atoms. The van der Waals surface area contributed by atoms with Gasteiger partial charge in [0.25, 0.3) is 0 Å². The van der Waals surface area contributed by atoms with Crippen molar-refractivity contribution in [3.63, 3.8) is 0 Å². The number of carbonyl (C=O) groups is 3. The number of anilines is 1. The zero-order valence-corrected chi connectivity index (χ0v) is 23.6. The Bertz CT molecular complexity index is 1370. The number of urea groups is 1. The summed E-state index contributed by atoms with van der Waals surface area (Å²) in [5.74, 6) is 0.426. The fourth-order valence-electron chi connectivity index (χ4n) is 5.82. The number of carbonyl (C=O) groups excluding carboxylic acids is 3. The Balaban J connectivity index is 1.14. The predicted octanol–water partition coefficient (Wildman–Crippen LogP) is -0.677. The van der Waals surface area contributed by atoms with Gasteiger partial charge in [-0.25, -0.2) is 9.59 Å². The van der Waals surface area contributed by atoms with Crippen LogP contribution in [0.3, 0.4) is 0 Å². The first-order valence-corrected chi connectivity index (χ1v) is 14.0. The third kappa shape index (κ3) is 5.97. The van der Waals surface area contributed by atoms with E-state index in [4.69, 9.17) is 17.2 Å². The molecule has 0 radical (unpaired) electrons. The third-order valence-corrected chi connectivity index (χ3v) is 8.45. The number of nitrogens with two attached hydrogens (primary N) is 3. The third-order valence-electron chi connectivity index (χ3n) is 8.45. The molecule has 4 amide bonds. The largest absolute Gasteiger partial charge is 0.354 e. The molecule has 7 N–H and O–H groups in total. The van der Waals surface area contributed by atoms with Crippen LogP contribution < -0.4 is 28.2 Å². The topological polar surface area (TPSA) is 186 Å². The van der Waals surface area contributed by atoms with Crippen LogP contribution in [0.1, 0.15) is 25.8 Å². The van der Waals surface area contributed by atoms with E-state index < -0.39 is 23.3 Å². The summed E-state index contributed by atoms with van der Waals surface area (Å²) in [5.41, 5.74) is 18.1. The van der Waals surface area contributed by atoms with E-state index >= 15 is 0 Å². The number of piperazine rings is 1. The number of aromatic nitrogens is 2. The molecule has 2 saturated heterocycles.